The summed E-state index contributed by atoms with van der Waals surface area (Å²) in [5.74, 6) is 0.572. The van der Waals surface area contributed by atoms with Crippen LogP contribution in [-0.2, 0) is 0 Å². The molecular weight excluding hydrogens is 300 g/mol. The number of carbonyl (C=O) groups is 1. The Morgan fingerprint density at radius 1 is 1.26 bits per heavy atom. The molecule has 1 amide bonds. The number of benzene rings is 1. The Labute approximate surface area is 132 Å². The summed E-state index contributed by atoms with van der Waals surface area (Å²) in [5.41, 5.74) is 2.97. The lowest BCUT2D eigenvalue weighted by Crippen LogP contribution is -2.24. The van der Waals surface area contributed by atoms with Crippen molar-refractivity contribution in [2.75, 3.05) is 14.2 Å². The molecule has 0 unspecified atom stereocenters. The number of rotatable bonds is 5. The third-order valence-electron chi connectivity index (χ3n) is 2.90. The maximum Gasteiger partial charge on any atom is 0.345 e. The average Bonchev–Trinajstić information content (AvgIpc) is 2.53. The molecule has 1 aromatic heterocycles. The molecule has 2 rings (SSSR count). The van der Waals surface area contributed by atoms with Crippen molar-refractivity contribution in [2.24, 2.45) is 5.10 Å². The predicted molar refractivity (Wildman–Crippen MR) is 84.2 cm³/mol. The fourth-order valence-corrected chi connectivity index (χ4v) is 1.85. The molecule has 0 aliphatic heterocycles. The number of aromatic amines is 1. The number of hydrazone groups is 1. The van der Waals surface area contributed by atoms with Gasteiger partial charge < -0.3 is 14.5 Å². The molecule has 23 heavy (non-hydrogen) atoms. The predicted octanol–water partition coefficient (Wildman–Crippen LogP) is 0.859. The number of aromatic nitrogens is 2. The minimum absolute atomic E-state index is 0.00397. The van der Waals surface area contributed by atoms with Crippen molar-refractivity contribution in [1.29, 1.82) is 0 Å². The van der Waals surface area contributed by atoms with Crippen molar-refractivity contribution in [1.82, 2.24) is 15.4 Å². The summed E-state index contributed by atoms with van der Waals surface area (Å²) in [6.45, 7) is 1.66. The molecule has 0 saturated heterocycles. The van der Waals surface area contributed by atoms with Crippen LogP contribution >= 0.6 is 0 Å². The number of nitrogens with one attached hydrogen (secondary N) is 2. The van der Waals surface area contributed by atoms with E-state index in [1.165, 1.54) is 19.4 Å². The van der Waals surface area contributed by atoms with Gasteiger partial charge in [0.1, 0.15) is 5.69 Å². The van der Waals surface area contributed by atoms with E-state index in [4.69, 9.17) is 9.47 Å². The van der Waals surface area contributed by atoms with E-state index in [-0.39, 0.29) is 5.69 Å². The second kappa shape index (κ2) is 7.21. The lowest BCUT2D eigenvalue weighted by Gasteiger charge is -2.07. The van der Waals surface area contributed by atoms with Gasteiger partial charge >= 0.3 is 5.69 Å². The van der Waals surface area contributed by atoms with Gasteiger partial charge in [0.05, 0.1) is 20.4 Å². The van der Waals surface area contributed by atoms with Gasteiger partial charge in [-0.1, -0.05) is 0 Å². The Balaban J connectivity index is 2.09. The monoisotopic (exact) mass is 316 g/mol. The first-order chi connectivity index (χ1) is 11.0. The highest BCUT2D eigenvalue weighted by Gasteiger charge is 2.08. The molecule has 0 aliphatic rings. The van der Waals surface area contributed by atoms with E-state index in [2.05, 4.69) is 20.5 Å². The highest BCUT2D eigenvalue weighted by molar-refractivity contribution is 5.93. The van der Waals surface area contributed by atoms with Crippen molar-refractivity contribution in [3.63, 3.8) is 0 Å². The maximum absolute atomic E-state index is 11.9. The van der Waals surface area contributed by atoms with E-state index >= 15 is 0 Å². The third kappa shape index (κ3) is 4.16. The Morgan fingerprint density at radius 2 is 2.00 bits per heavy atom. The minimum Gasteiger partial charge on any atom is -0.493 e. The standard InChI is InChI=1S/C15H16N4O4/c1-9-6-11(18-15(21)17-9)14(20)19-16-8-10-4-5-12(22-2)13(7-10)23-3/h4-8H,1-3H3,(H,19,20)(H,17,18,21)/b16-8+. The molecule has 0 aliphatic carbocycles. The van der Waals surface area contributed by atoms with Crippen LogP contribution in [0.1, 0.15) is 21.7 Å². The molecule has 0 spiro atoms. The summed E-state index contributed by atoms with van der Waals surface area (Å²) in [5, 5.41) is 3.83. The van der Waals surface area contributed by atoms with Crippen molar-refractivity contribution in [3.05, 3.63) is 51.7 Å². The zero-order valence-electron chi connectivity index (χ0n) is 12.9. The van der Waals surface area contributed by atoms with Gasteiger partial charge in [-0.15, -0.1) is 0 Å². The summed E-state index contributed by atoms with van der Waals surface area (Å²) < 4.78 is 10.3. The highest BCUT2D eigenvalue weighted by atomic mass is 16.5. The number of carbonyl (C=O) groups excluding carboxylic acids is 1. The van der Waals surface area contributed by atoms with Crippen molar-refractivity contribution >= 4 is 12.1 Å². The fraction of sp³-hybridized carbons (Fsp3) is 0.200. The first-order valence-electron chi connectivity index (χ1n) is 6.67. The number of ether oxygens (including phenoxy) is 2. The van der Waals surface area contributed by atoms with Gasteiger partial charge in [-0.2, -0.15) is 10.1 Å². The quantitative estimate of drug-likeness (QED) is 0.628. The summed E-state index contributed by atoms with van der Waals surface area (Å²) in [6.07, 6.45) is 1.44. The van der Waals surface area contributed by atoms with Gasteiger partial charge in [-0.3, -0.25) is 4.79 Å². The first kappa shape index (κ1) is 16.2. The van der Waals surface area contributed by atoms with Crippen LogP contribution in [0.15, 0.2) is 34.2 Å². The van der Waals surface area contributed by atoms with Gasteiger partial charge in [-0.05, 0) is 36.8 Å². The zero-order chi connectivity index (χ0) is 16.8. The van der Waals surface area contributed by atoms with Crippen molar-refractivity contribution in [3.8, 4) is 11.5 Å². The van der Waals surface area contributed by atoms with E-state index < -0.39 is 11.6 Å². The summed E-state index contributed by atoms with van der Waals surface area (Å²) in [7, 11) is 3.07. The van der Waals surface area contributed by atoms with Gasteiger partial charge in [0.25, 0.3) is 5.91 Å². The van der Waals surface area contributed by atoms with E-state index in [1.54, 1.807) is 32.2 Å². The highest BCUT2D eigenvalue weighted by Crippen LogP contribution is 2.26. The number of amides is 1. The molecule has 0 fully saturated rings. The molecular formula is C15H16N4O4. The molecule has 1 aromatic carbocycles. The van der Waals surface area contributed by atoms with Crippen LogP contribution < -0.4 is 20.6 Å². The second-order valence-corrected chi connectivity index (χ2v) is 4.57. The van der Waals surface area contributed by atoms with Gasteiger partial charge in [0, 0.05) is 5.69 Å². The normalized spacial score (nSPS) is 10.6. The Kier molecular flexibility index (Phi) is 5.08. The topological polar surface area (TPSA) is 106 Å². The summed E-state index contributed by atoms with van der Waals surface area (Å²) >= 11 is 0. The fourth-order valence-electron chi connectivity index (χ4n) is 1.85. The molecule has 2 aromatic rings. The van der Waals surface area contributed by atoms with Crippen LogP contribution in [0.3, 0.4) is 0 Å². The smallest absolute Gasteiger partial charge is 0.345 e. The molecule has 0 saturated carbocycles. The summed E-state index contributed by atoms with van der Waals surface area (Å²) in [6, 6.07) is 6.66. The number of aryl methyl sites for hydroxylation is 1. The molecule has 0 bridgehead atoms. The van der Waals surface area contributed by atoms with E-state index in [9.17, 15) is 9.59 Å². The number of nitrogens with zero attached hydrogens (tertiary/aromatic N) is 2. The van der Waals surface area contributed by atoms with E-state index in [0.29, 0.717) is 22.8 Å². The minimum atomic E-state index is -0.584. The van der Waals surface area contributed by atoms with Gasteiger partial charge in [0.15, 0.2) is 11.5 Å². The number of methoxy groups -OCH3 is 2. The van der Waals surface area contributed by atoms with Crippen LogP contribution in [0.2, 0.25) is 0 Å². The molecule has 0 radical (unpaired) electrons. The maximum atomic E-state index is 11.9. The van der Waals surface area contributed by atoms with Crippen LogP contribution in [0.25, 0.3) is 0 Å². The van der Waals surface area contributed by atoms with Crippen molar-refractivity contribution < 1.29 is 14.3 Å². The van der Waals surface area contributed by atoms with Gasteiger partial charge in [-0.25, -0.2) is 10.2 Å². The third-order valence-corrected chi connectivity index (χ3v) is 2.90. The number of hydrogen-bond donors (Lipinski definition) is 2. The van der Waals surface area contributed by atoms with E-state index in [0.717, 1.165) is 0 Å². The van der Waals surface area contributed by atoms with Gasteiger partial charge in [0.2, 0.25) is 0 Å². The summed E-state index contributed by atoms with van der Waals surface area (Å²) in [4.78, 5) is 29.1. The average molecular weight is 316 g/mol. The molecule has 120 valence electrons. The lowest BCUT2D eigenvalue weighted by molar-refractivity contribution is 0.0949. The van der Waals surface area contributed by atoms with Crippen molar-refractivity contribution in [2.45, 2.75) is 6.92 Å². The SMILES string of the molecule is COc1ccc(/C=N/NC(=O)c2cc(C)[nH]c(=O)n2)cc1OC. The zero-order valence-corrected chi connectivity index (χ0v) is 12.9. The Bertz CT molecular complexity index is 798. The first-order valence-corrected chi connectivity index (χ1v) is 6.67. The molecule has 0 atom stereocenters. The molecule has 8 nitrogen and oxygen atoms in total. The van der Waals surface area contributed by atoms with E-state index in [1.807, 2.05) is 0 Å². The molecule has 2 N–H and O–H groups in total. The van der Waals surface area contributed by atoms with Crippen LogP contribution in [0.5, 0.6) is 11.5 Å². The second-order valence-electron chi connectivity index (χ2n) is 4.57. The molecule has 8 heteroatoms. The van der Waals surface area contributed by atoms with Crippen LogP contribution in [-0.4, -0.2) is 36.3 Å². The lowest BCUT2D eigenvalue weighted by atomic mass is 10.2. The number of hydrogen-bond acceptors (Lipinski definition) is 6. The largest absolute Gasteiger partial charge is 0.493 e. The van der Waals surface area contributed by atoms with Crippen LogP contribution in [0, 0.1) is 6.92 Å². The Morgan fingerprint density at radius 3 is 2.65 bits per heavy atom. The Hall–Kier alpha value is -3.16. The number of H-pyrrole nitrogens is 1. The molecule has 1 heterocycles. The van der Waals surface area contributed by atoms with Crippen LogP contribution in [0.4, 0.5) is 0 Å².